The van der Waals surface area contributed by atoms with Crippen LogP contribution >= 0.6 is 0 Å². The molecule has 4 nitrogen and oxygen atoms in total. The topological polar surface area (TPSA) is 67.1 Å². The zero-order valence-electron chi connectivity index (χ0n) is 8.04. The van der Waals surface area contributed by atoms with Gasteiger partial charge in [0.1, 0.15) is 5.84 Å². The molecule has 0 bridgehead atoms. The van der Waals surface area contributed by atoms with Crippen molar-refractivity contribution in [2.75, 3.05) is 0 Å². The summed E-state index contributed by atoms with van der Waals surface area (Å²) in [5, 5.41) is 0. The summed E-state index contributed by atoms with van der Waals surface area (Å²) in [6.07, 6.45) is 3.52. The zero-order valence-corrected chi connectivity index (χ0v) is 8.04. The molecule has 2 aliphatic rings. The molecule has 0 saturated heterocycles. The van der Waals surface area contributed by atoms with E-state index in [4.69, 9.17) is 5.73 Å². The van der Waals surface area contributed by atoms with Crippen LogP contribution in [0.15, 0.2) is 22.6 Å². The van der Waals surface area contributed by atoms with Crippen LogP contribution < -0.4 is 5.73 Å². The van der Waals surface area contributed by atoms with Crippen LogP contribution in [-0.2, 0) is 6.42 Å². The average Bonchev–Trinajstić information content (AvgIpc) is 2.71. The van der Waals surface area contributed by atoms with Crippen LogP contribution in [0.1, 0.15) is 30.7 Å². The number of nitrogens with two attached hydrogens (primary N) is 1. The second-order valence-electron chi connectivity index (χ2n) is 3.93. The molecule has 0 spiro atoms. The largest absolute Gasteiger partial charge is 0.387 e. The van der Waals surface area contributed by atoms with Gasteiger partial charge >= 0.3 is 0 Å². The highest BCUT2D eigenvalue weighted by atomic mass is 15.0. The van der Waals surface area contributed by atoms with E-state index in [0.717, 1.165) is 30.1 Å². The first-order valence-electron chi connectivity index (χ1n) is 4.83. The number of hydrogen-bond acceptors (Lipinski definition) is 3. The maximum Gasteiger partial charge on any atom is 0.103 e. The number of allylic oxidation sites excluding steroid dienone is 1. The molecule has 4 heteroatoms. The summed E-state index contributed by atoms with van der Waals surface area (Å²) in [7, 11) is 0. The third-order valence-electron chi connectivity index (χ3n) is 2.98. The van der Waals surface area contributed by atoms with Crippen molar-refractivity contribution in [2.45, 2.75) is 25.7 Å². The Morgan fingerprint density at radius 3 is 3.21 bits per heavy atom. The molecular formula is C10H12N4. The van der Waals surface area contributed by atoms with Gasteiger partial charge in [0.2, 0.25) is 0 Å². The smallest absolute Gasteiger partial charge is 0.103 e. The second-order valence-corrected chi connectivity index (χ2v) is 3.93. The van der Waals surface area contributed by atoms with E-state index < -0.39 is 0 Å². The van der Waals surface area contributed by atoms with Gasteiger partial charge in [0.15, 0.2) is 0 Å². The lowest BCUT2D eigenvalue weighted by Gasteiger charge is -2.18. The van der Waals surface area contributed by atoms with Gasteiger partial charge in [-0.25, -0.2) is 9.98 Å². The Morgan fingerprint density at radius 2 is 2.36 bits per heavy atom. The SMILES string of the molecule is CC1C2=C(CC(N)=N2)Cc2[nH]cnc21. The van der Waals surface area contributed by atoms with Gasteiger partial charge in [0.25, 0.3) is 0 Å². The monoisotopic (exact) mass is 188 g/mol. The number of hydrogen-bond donors (Lipinski definition) is 2. The molecule has 1 atom stereocenters. The minimum Gasteiger partial charge on any atom is -0.387 e. The fourth-order valence-corrected chi connectivity index (χ4v) is 2.33. The van der Waals surface area contributed by atoms with Crippen molar-refractivity contribution in [1.82, 2.24) is 9.97 Å². The molecule has 1 unspecified atom stereocenters. The fourth-order valence-electron chi connectivity index (χ4n) is 2.33. The van der Waals surface area contributed by atoms with Gasteiger partial charge in [0.05, 0.1) is 17.7 Å². The molecule has 14 heavy (non-hydrogen) atoms. The number of aromatic amines is 1. The molecule has 0 aromatic carbocycles. The van der Waals surface area contributed by atoms with E-state index >= 15 is 0 Å². The summed E-state index contributed by atoms with van der Waals surface area (Å²) < 4.78 is 0. The number of fused-ring (bicyclic) bond motifs is 1. The molecule has 0 amide bonds. The van der Waals surface area contributed by atoms with Gasteiger partial charge in [-0.05, 0) is 5.57 Å². The van der Waals surface area contributed by atoms with E-state index in [1.807, 2.05) is 0 Å². The van der Waals surface area contributed by atoms with Gasteiger partial charge in [-0.15, -0.1) is 0 Å². The Bertz CT molecular complexity index is 452. The standard InChI is InChI=1S/C10H12N4/c1-5-9-6(3-8(11)14-9)2-7-10(5)13-4-12-7/h4-5H,2-3H2,1H3,(H2,11,14)(H,12,13). The number of nitrogens with zero attached hydrogens (tertiary/aromatic N) is 2. The molecule has 0 saturated carbocycles. The summed E-state index contributed by atoms with van der Waals surface area (Å²) in [5.74, 6) is 1.04. The fraction of sp³-hybridized carbons (Fsp3) is 0.400. The summed E-state index contributed by atoms with van der Waals surface area (Å²) in [4.78, 5) is 11.9. The van der Waals surface area contributed by atoms with Crippen LogP contribution in [-0.4, -0.2) is 15.8 Å². The molecule has 0 fully saturated rings. The summed E-state index contributed by atoms with van der Waals surface area (Å²) in [6, 6.07) is 0. The highest BCUT2D eigenvalue weighted by molar-refractivity contribution is 5.87. The molecular weight excluding hydrogens is 176 g/mol. The van der Waals surface area contributed by atoms with Crippen LogP contribution in [0.4, 0.5) is 0 Å². The van der Waals surface area contributed by atoms with E-state index in [0.29, 0.717) is 5.92 Å². The lowest BCUT2D eigenvalue weighted by molar-refractivity contribution is 0.779. The van der Waals surface area contributed by atoms with Crippen LogP contribution in [0.3, 0.4) is 0 Å². The van der Waals surface area contributed by atoms with Gasteiger partial charge in [-0.3, -0.25) is 0 Å². The van der Waals surface area contributed by atoms with Gasteiger partial charge in [-0.2, -0.15) is 0 Å². The van der Waals surface area contributed by atoms with Gasteiger partial charge in [0, 0.05) is 24.5 Å². The van der Waals surface area contributed by atoms with Crippen LogP contribution in [0, 0.1) is 0 Å². The number of H-pyrrole nitrogens is 1. The lowest BCUT2D eigenvalue weighted by Crippen LogP contribution is -2.10. The van der Waals surface area contributed by atoms with Crippen molar-refractivity contribution in [3.63, 3.8) is 0 Å². The Hall–Kier alpha value is -1.58. The average molecular weight is 188 g/mol. The number of amidine groups is 1. The van der Waals surface area contributed by atoms with Crippen molar-refractivity contribution in [3.8, 4) is 0 Å². The van der Waals surface area contributed by atoms with E-state index in [-0.39, 0.29) is 0 Å². The van der Waals surface area contributed by atoms with Gasteiger partial charge in [-0.1, -0.05) is 6.92 Å². The van der Waals surface area contributed by atoms with Crippen molar-refractivity contribution in [3.05, 3.63) is 29.0 Å². The number of nitrogens with one attached hydrogen (secondary N) is 1. The molecule has 1 aliphatic carbocycles. The second kappa shape index (κ2) is 2.47. The molecule has 3 rings (SSSR count). The molecule has 2 heterocycles. The highest BCUT2D eigenvalue weighted by Crippen LogP contribution is 2.38. The third kappa shape index (κ3) is 0.880. The Morgan fingerprint density at radius 1 is 1.50 bits per heavy atom. The zero-order chi connectivity index (χ0) is 9.71. The molecule has 72 valence electrons. The van der Waals surface area contributed by atoms with Crippen molar-refractivity contribution >= 4 is 5.84 Å². The molecule has 0 radical (unpaired) electrons. The first-order chi connectivity index (χ1) is 6.75. The first kappa shape index (κ1) is 7.79. The number of rotatable bonds is 0. The molecule has 1 aliphatic heterocycles. The third-order valence-corrected chi connectivity index (χ3v) is 2.98. The Labute approximate surface area is 81.9 Å². The van der Waals surface area contributed by atoms with E-state index in [2.05, 4.69) is 21.9 Å². The summed E-state index contributed by atoms with van der Waals surface area (Å²) in [6.45, 7) is 2.14. The maximum atomic E-state index is 5.74. The van der Waals surface area contributed by atoms with Crippen LogP contribution in [0.25, 0.3) is 0 Å². The van der Waals surface area contributed by atoms with Crippen LogP contribution in [0.2, 0.25) is 0 Å². The summed E-state index contributed by atoms with van der Waals surface area (Å²) >= 11 is 0. The van der Waals surface area contributed by atoms with E-state index in [1.54, 1.807) is 6.33 Å². The number of imidazole rings is 1. The highest BCUT2D eigenvalue weighted by Gasteiger charge is 2.30. The molecule has 3 N–H and O–H groups in total. The minimum atomic E-state index is 0.293. The van der Waals surface area contributed by atoms with Crippen molar-refractivity contribution in [1.29, 1.82) is 0 Å². The predicted molar refractivity (Wildman–Crippen MR) is 54.0 cm³/mol. The Balaban J connectivity index is 2.09. The normalized spacial score (nSPS) is 24.6. The predicted octanol–water partition coefficient (Wildman–Crippen LogP) is 1.08. The van der Waals surface area contributed by atoms with E-state index in [1.165, 1.54) is 11.3 Å². The number of aromatic nitrogens is 2. The molecule has 1 aromatic rings. The first-order valence-corrected chi connectivity index (χ1v) is 4.83. The summed E-state index contributed by atoms with van der Waals surface area (Å²) in [5.41, 5.74) is 10.6. The minimum absolute atomic E-state index is 0.293. The number of aliphatic imine (C=N–C) groups is 1. The van der Waals surface area contributed by atoms with Crippen molar-refractivity contribution < 1.29 is 0 Å². The maximum absolute atomic E-state index is 5.74. The van der Waals surface area contributed by atoms with Gasteiger partial charge < -0.3 is 10.7 Å². The lowest BCUT2D eigenvalue weighted by atomic mass is 9.89. The van der Waals surface area contributed by atoms with Crippen molar-refractivity contribution in [2.24, 2.45) is 10.7 Å². The Kier molecular flexibility index (Phi) is 1.37. The van der Waals surface area contributed by atoms with E-state index in [9.17, 15) is 0 Å². The quantitative estimate of drug-likeness (QED) is 0.639. The van der Waals surface area contributed by atoms with Crippen LogP contribution in [0.5, 0.6) is 0 Å². The molecule has 1 aromatic heterocycles.